The normalized spacial score (nSPS) is 46.6. The molecule has 16 rings (SSSR count). The molecule has 2 amide bonds. The molecule has 634 valence electrons. The molecule has 111 heavy (non-hydrogen) atoms. The summed E-state index contributed by atoms with van der Waals surface area (Å²) >= 11 is 0. The average molecular weight is 1560 g/mol. The van der Waals surface area contributed by atoms with E-state index < -0.39 is 46.8 Å². The smallest absolute Gasteiger partial charge is 0.410 e. The SMILES string of the molecule is CC(C)(C)OC(=O)N1CC(C=O)C1.CCO[C@@H]([C@H]1C[C@@H](C)[C@H]2[C@H](O1)[C@H](O)[C@@]1(C)[C@@H]3CC[C@H]4C(C)(C)[C@@H](O[C@H]5CN(CC6CN(C(=O)OC(C)(C)C)C6)CCO5)CC[C@@]45C[C@@]35CC[C@]21C)C(C)(C)O.CCO[C@@H]([C@H]1C[C@@H](C)[C@H]2[C@H](O1)[C@H](O)[C@@]1(C)[C@@H]3CC[C@H]4C(C)(C)[C@@H](O[C@H]5CNCCO5)CC[C@@]45C[C@@]35CC[C@]21C)C(C)(C)O. The summed E-state index contributed by atoms with van der Waals surface area (Å²) in [6.45, 7) is 56.4. The van der Waals surface area contributed by atoms with Crippen LogP contribution in [0.1, 0.15) is 255 Å². The third-order valence-electron chi connectivity index (χ3n) is 34.8. The maximum Gasteiger partial charge on any atom is 0.410 e. The van der Waals surface area contributed by atoms with Gasteiger partial charge < -0.3 is 87.7 Å². The lowest BCUT2D eigenvalue weighted by atomic mass is 9.41. The summed E-state index contributed by atoms with van der Waals surface area (Å²) in [5, 5.41) is 50.8. The Hall–Kier alpha value is -2.35. The molecule has 0 radical (unpaired) electrons. The number of carbonyl (C=O) groups excluding carboxylic acids is 3. The van der Waals surface area contributed by atoms with Gasteiger partial charge >= 0.3 is 12.2 Å². The number of carbonyl (C=O) groups is 3. The van der Waals surface area contributed by atoms with E-state index in [0.717, 1.165) is 97.2 Å². The number of likely N-dealkylation sites (tertiary alicyclic amines) is 2. The monoisotopic (exact) mass is 1560 g/mol. The van der Waals surface area contributed by atoms with Crippen molar-refractivity contribution >= 4 is 18.5 Å². The van der Waals surface area contributed by atoms with Crippen LogP contribution in [0.15, 0.2) is 0 Å². The van der Waals surface area contributed by atoms with E-state index in [4.69, 9.17) is 47.4 Å². The van der Waals surface area contributed by atoms with Crippen LogP contribution in [-0.4, -0.2) is 235 Å². The van der Waals surface area contributed by atoms with Crippen LogP contribution < -0.4 is 5.32 Å². The molecular weight excluding hydrogens is 1410 g/mol. The van der Waals surface area contributed by atoms with Gasteiger partial charge in [-0.3, -0.25) is 4.90 Å². The fourth-order valence-corrected chi connectivity index (χ4v) is 29.9. The number of ether oxygens (including phenoxy) is 10. The maximum atomic E-state index is 12.7. The van der Waals surface area contributed by atoms with Gasteiger partial charge in [-0.05, 0) is 276 Å². The van der Waals surface area contributed by atoms with Crippen molar-refractivity contribution < 1.29 is 82.2 Å². The molecule has 16 aliphatic rings. The highest BCUT2D eigenvalue weighted by atomic mass is 16.7. The molecule has 6 aliphatic heterocycles. The van der Waals surface area contributed by atoms with Crippen LogP contribution in [0.5, 0.6) is 0 Å². The number of nitrogens with zero attached hydrogens (tertiary/aromatic N) is 3. The van der Waals surface area contributed by atoms with Gasteiger partial charge in [0.2, 0.25) is 0 Å². The van der Waals surface area contributed by atoms with Gasteiger partial charge in [0, 0.05) is 88.9 Å². The zero-order valence-electron chi connectivity index (χ0n) is 72.7. The predicted octanol–water partition coefficient (Wildman–Crippen LogP) is 13.2. The van der Waals surface area contributed by atoms with Gasteiger partial charge in [-0.1, -0.05) is 69.2 Å². The first kappa shape index (κ1) is 85.1. The van der Waals surface area contributed by atoms with Crippen LogP contribution in [-0.2, 0) is 52.2 Å². The van der Waals surface area contributed by atoms with E-state index >= 15 is 0 Å². The molecule has 0 aromatic carbocycles. The molecule has 0 unspecified atom stereocenters. The Kier molecular flexibility index (Phi) is 22.6. The van der Waals surface area contributed by atoms with Crippen molar-refractivity contribution in [2.75, 3.05) is 85.3 Å². The highest BCUT2D eigenvalue weighted by molar-refractivity contribution is 5.72. The molecule has 10 saturated carbocycles. The Morgan fingerprint density at radius 2 is 0.964 bits per heavy atom. The summed E-state index contributed by atoms with van der Waals surface area (Å²) in [6, 6.07) is 0. The Morgan fingerprint density at radius 3 is 1.37 bits per heavy atom. The summed E-state index contributed by atoms with van der Waals surface area (Å²) in [6.07, 6.45) is 16.2. The van der Waals surface area contributed by atoms with Crippen LogP contribution in [0, 0.1) is 113 Å². The van der Waals surface area contributed by atoms with E-state index in [1.165, 1.54) is 69.1 Å². The van der Waals surface area contributed by atoms with Gasteiger partial charge in [-0.25, -0.2) is 9.59 Å². The molecule has 6 saturated heterocycles. The molecule has 28 atom stereocenters. The fourth-order valence-electron chi connectivity index (χ4n) is 29.9. The maximum absolute atomic E-state index is 12.7. The molecule has 0 aromatic heterocycles. The molecule has 0 aromatic rings. The second-order valence-corrected chi connectivity index (χ2v) is 44.5. The number of aliphatic hydroxyl groups excluding tert-OH is 2. The van der Waals surface area contributed by atoms with E-state index in [1.807, 2.05) is 88.0 Å². The van der Waals surface area contributed by atoms with E-state index in [0.29, 0.717) is 102 Å². The zero-order chi connectivity index (χ0) is 80.6. The second kappa shape index (κ2) is 29.5. The minimum Gasteiger partial charge on any atom is -0.444 e. The minimum atomic E-state index is -1.03. The van der Waals surface area contributed by atoms with Crippen LogP contribution >= 0.6 is 0 Å². The molecule has 21 heteroatoms. The van der Waals surface area contributed by atoms with Gasteiger partial charge in [0.05, 0.1) is 79.2 Å². The van der Waals surface area contributed by atoms with Gasteiger partial charge in [0.15, 0.2) is 12.6 Å². The zero-order valence-corrected chi connectivity index (χ0v) is 72.7. The molecule has 0 bridgehead atoms. The standard InChI is InChI=1S/C45H76N2O8.C36H61NO6.C9H15NO3/c1-12-51-37(41(8,9)50)29-21-27(2)34-35(53-29)36(48)43(11)31-14-13-30-40(6,7)32(15-16-44(30)26-45(31,44)18-17-42(34,43)10)54-33-25-46(19-20-52-33)22-28-23-47(24-28)38(49)55-39(3,4)5;1-9-40-30(32(5,6)39)22-18-21(2)27-28(42-22)29(38)34(8)24-11-10-23-31(3,4)25(43-26-19-37-16-17-41-26)12-13-35(23)20-36(24,35)15-14-33(27,34)7;1-9(2,3)13-8(12)10-4-7(5-10)6-11/h27-37,48,50H,12-26H2,1-11H3;21-30,37-39H,9-20H2,1-8H3;6-7H,4-5H2,1-3H3/t27-,29-,30+,31+,32+,33+,34+,35+,36+,37+,42-,43-,44-,45+;21-,22-,23+,24+,25+,26+,27+,28+,29+,30+,33-,34-,35-,36+;/m11./s1. The second-order valence-electron chi connectivity index (χ2n) is 44.5. The number of fused-ring (bicyclic) bond motifs is 8. The first-order chi connectivity index (χ1) is 51.7. The largest absolute Gasteiger partial charge is 0.444 e. The van der Waals surface area contributed by atoms with E-state index in [1.54, 1.807) is 0 Å². The van der Waals surface area contributed by atoms with Crippen LogP contribution in [0.25, 0.3) is 0 Å². The van der Waals surface area contributed by atoms with Crippen molar-refractivity contribution in [2.45, 2.75) is 351 Å². The molecule has 21 nitrogen and oxygen atoms in total. The summed E-state index contributed by atoms with van der Waals surface area (Å²) in [5.41, 5.74) is -1.91. The molecular formula is C90H152N4O17. The predicted molar refractivity (Wildman–Crippen MR) is 423 cm³/mol. The Bertz CT molecular complexity index is 3330. The fraction of sp³-hybridized carbons (Fsp3) is 0.967. The topological polar surface area (TPSA) is 246 Å². The number of rotatable bonds is 15. The lowest BCUT2D eigenvalue weighted by Crippen LogP contribution is -2.60. The first-order valence-electron chi connectivity index (χ1n) is 44.4. The quantitative estimate of drug-likeness (QED) is 0.0957. The number of hydrogen-bond acceptors (Lipinski definition) is 19. The molecule has 4 spiro atoms. The van der Waals surface area contributed by atoms with E-state index in [-0.39, 0.29) is 105 Å². The van der Waals surface area contributed by atoms with Crippen molar-refractivity contribution in [3.05, 3.63) is 0 Å². The van der Waals surface area contributed by atoms with Crippen molar-refractivity contribution in [3.63, 3.8) is 0 Å². The van der Waals surface area contributed by atoms with Crippen molar-refractivity contribution in [3.8, 4) is 0 Å². The number of nitrogens with one attached hydrogen (secondary N) is 1. The summed E-state index contributed by atoms with van der Waals surface area (Å²) in [4.78, 5) is 39.9. The van der Waals surface area contributed by atoms with Crippen molar-refractivity contribution in [1.82, 2.24) is 20.0 Å². The summed E-state index contributed by atoms with van der Waals surface area (Å²) in [5.74, 6) is 4.08. The van der Waals surface area contributed by atoms with Gasteiger partial charge in [0.25, 0.3) is 0 Å². The average Bonchev–Trinajstić information content (AvgIpc) is 1.46. The molecule has 16 fully saturated rings. The number of hydrogen-bond donors (Lipinski definition) is 5. The lowest BCUT2D eigenvalue weighted by Gasteiger charge is -2.64. The summed E-state index contributed by atoms with van der Waals surface area (Å²) in [7, 11) is 0. The van der Waals surface area contributed by atoms with Crippen LogP contribution in [0.4, 0.5) is 9.59 Å². The van der Waals surface area contributed by atoms with Crippen molar-refractivity contribution in [2.24, 2.45) is 113 Å². The highest BCUT2D eigenvalue weighted by Gasteiger charge is 2.87. The minimum absolute atomic E-state index is 0.00261. The molecule has 6 heterocycles. The Labute approximate surface area is 667 Å². The first-order valence-corrected chi connectivity index (χ1v) is 44.4. The van der Waals surface area contributed by atoms with Gasteiger partial charge in [0.1, 0.15) is 29.7 Å². The number of amides is 2. The third kappa shape index (κ3) is 13.9. The number of aldehydes is 1. The third-order valence-corrected chi connectivity index (χ3v) is 34.8. The highest BCUT2D eigenvalue weighted by Crippen LogP contribution is 2.91. The Morgan fingerprint density at radius 1 is 0.550 bits per heavy atom. The number of morpholine rings is 2. The van der Waals surface area contributed by atoms with Crippen LogP contribution in [0.3, 0.4) is 0 Å². The molecule has 10 aliphatic carbocycles. The van der Waals surface area contributed by atoms with Gasteiger partial charge in [-0.15, -0.1) is 0 Å². The Balaban J connectivity index is 0.000000162. The molecule has 5 N–H and O–H groups in total. The lowest BCUT2D eigenvalue weighted by molar-refractivity contribution is -0.249. The van der Waals surface area contributed by atoms with Gasteiger partial charge in [-0.2, -0.15) is 0 Å². The number of aliphatic hydroxyl groups is 4. The van der Waals surface area contributed by atoms with E-state index in [2.05, 4.69) is 79.5 Å². The van der Waals surface area contributed by atoms with Crippen LogP contribution in [0.2, 0.25) is 0 Å². The summed E-state index contributed by atoms with van der Waals surface area (Å²) < 4.78 is 62.8. The van der Waals surface area contributed by atoms with Crippen molar-refractivity contribution in [1.29, 1.82) is 0 Å². The van der Waals surface area contributed by atoms with E-state index in [9.17, 15) is 34.8 Å².